The number of alkyl halides is 2. The molecule has 0 bridgehead atoms. The van der Waals surface area contributed by atoms with Gasteiger partial charge in [0.05, 0.1) is 7.11 Å². The zero-order chi connectivity index (χ0) is 21.4. The lowest BCUT2D eigenvalue weighted by molar-refractivity contribution is -0.127. The van der Waals surface area contributed by atoms with Crippen LogP contribution in [0.15, 0.2) is 24.3 Å². The van der Waals surface area contributed by atoms with E-state index in [4.69, 9.17) is 4.74 Å². The average molecular weight is 410 g/mol. The molecule has 2 unspecified atom stereocenters. The van der Waals surface area contributed by atoms with Crippen molar-refractivity contribution in [1.29, 1.82) is 0 Å². The lowest BCUT2D eigenvalue weighted by atomic mass is 9.85. The third-order valence-corrected chi connectivity index (χ3v) is 4.67. The van der Waals surface area contributed by atoms with Crippen LogP contribution in [0.2, 0.25) is 0 Å². The summed E-state index contributed by atoms with van der Waals surface area (Å²) in [5, 5.41) is 5.80. The van der Waals surface area contributed by atoms with E-state index in [0.29, 0.717) is 12.0 Å². The molecule has 29 heavy (non-hydrogen) atoms. The van der Waals surface area contributed by atoms with Crippen LogP contribution in [0, 0.1) is 5.92 Å². The molecular weight excluding hydrogens is 382 g/mol. The molecule has 2 N–H and O–H groups in total. The summed E-state index contributed by atoms with van der Waals surface area (Å²) < 4.78 is 35.0. The van der Waals surface area contributed by atoms with Crippen LogP contribution in [0.5, 0.6) is 11.5 Å². The van der Waals surface area contributed by atoms with E-state index in [2.05, 4.69) is 15.4 Å². The largest absolute Gasteiger partial charge is 0.493 e. The maximum Gasteiger partial charge on any atom is 0.387 e. The second kappa shape index (κ2) is 10.8. The number of hydrogen-bond acceptors (Lipinski definition) is 4. The number of rotatable bonds is 8. The van der Waals surface area contributed by atoms with Crippen LogP contribution in [-0.2, 0) is 9.59 Å². The Balaban J connectivity index is 2.00. The molecule has 0 saturated heterocycles. The number of halogens is 2. The van der Waals surface area contributed by atoms with Gasteiger partial charge in [-0.25, -0.2) is 0 Å². The number of methoxy groups -OCH3 is 1. The van der Waals surface area contributed by atoms with Crippen molar-refractivity contribution in [1.82, 2.24) is 10.6 Å². The maximum absolute atomic E-state index is 12.7. The van der Waals surface area contributed by atoms with Crippen LogP contribution in [0.1, 0.15) is 45.1 Å². The third kappa shape index (κ3) is 7.03. The second-order valence-corrected chi connectivity index (χ2v) is 7.32. The van der Waals surface area contributed by atoms with Gasteiger partial charge in [0.1, 0.15) is 0 Å². The monoisotopic (exact) mass is 410 g/mol. The van der Waals surface area contributed by atoms with Gasteiger partial charge in [0, 0.05) is 29.6 Å². The molecule has 1 fully saturated rings. The first kappa shape index (κ1) is 22.6. The number of para-hydroxylation sites is 1. The SMILES string of the molecule is COc1cccc(/C=C/C(=O)NC2CCCC(C(=O)NC(C)C)C2)c1OC(F)F. The first-order valence-electron chi connectivity index (χ1n) is 9.71. The minimum absolute atomic E-state index is 0.0136. The Morgan fingerprint density at radius 3 is 2.66 bits per heavy atom. The zero-order valence-corrected chi connectivity index (χ0v) is 16.9. The molecule has 8 heteroatoms. The number of carbonyl (C=O) groups excluding carboxylic acids is 2. The van der Waals surface area contributed by atoms with E-state index in [1.807, 2.05) is 13.8 Å². The van der Waals surface area contributed by atoms with Crippen LogP contribution in [0.4, 0.5) is 8.78 Å². The normalized spacial score (nSPS) is 19.4. The highest BCUT2D eigenvalue weighted by Crippen LogP contribution is 2.33. The summed E-state index contributed by atoms with van der Waals surface area (Å²) in [5.74, 6) is -0.438. The fraction of sp³-hybridized carbons (Fsp3) is 0.524. The van der Waals surface area contributed by atoms with Gasteiger partial charge in [-0.05, 0) is 45.3 Å². The topological polar surface area (TPSA) is 76.7 Å². The van der Waals surface area contributed by atoms with Gasteiger partial charge in [0.25, 0.3) is 0 Å². The number of benzene rings is 1. The lowest BCUT2D eigenvalue weighted by Crippen LogP contribution is -2.43. The number of amides is 2. The molecule has 0 radical (unpaired) electrons. The van der Waals surface area contributed by atoms with Gasteiger partial charge in [-0.2, -0.15) is 8.78 Å². The minimum atomic E-state index is -3.01. The van der Waals surface area contributed by atoms with Crippen molar-refractivity contribution < 1.29 is 27.8 Å². The second-order valence-electron chi connectivity index (χ2n) is 7.32. The Morgan fingerprint density at radius 2 is 2.00 bits per heavy atom. The summed E-state index contributed by atoms with van der Waals surface area (Å²) in [6.45, 7) is 0.813. The summed E-state index contributed by atoms with van der Waals surface area (Å²) >= 11 is 0. The van der Waals surface area contributed by atoms with Crippen molar-refractivity contribution in [2.75, 3.05) is 7.11 Å². The molecular formula is C21H28F2N2O4. The molecule has 1 aromatic carbocycles. The van der Waals surface area contributed by atoms with Gasteiger partial charge in [0.2, 0.25) is 11.8 Å². The highest BCUT2D eigenvalue weighted by atomic mass is 19.3. The van der Waals surface area contributed by atoms with E-state index in [0.717, 1.165) is 19.3 Å². The molecule has 1 aromatic rings. The van der Waals surface area contributed by atoms with Crippen molar-refractivity contribution in [3.63, 3.8) is 0 Å². The Morgan fingerprint density at radius 1 is 1.24 bits per heavy atom. The number of carbonyl (C=O) groups is 2. The first-order valence-corrected chi connectivity index (χ1v) is 9.71. The first-order chi connectivity index (χ1) is 13.8. The molecule has 160 valence electrons. The quantitative estimate of drug-likeness (QED) is 0.643. The van der Waals surface area contributed by atoms with E-state index >= 15 is 0 Å². The predicted octanol–water partition coefficient (Wildman–Crippen LogP) is 3.51. The Labute approximate surface area is 169 Å². The van der Waals surface area contributed by atoms with Crippen molar-refractivity contribution in [3.8, 4) is 11.5 Å². The summed E-state index contributed by atoms with van der Waals surface area (Å²) in [6, 6.07) is 4.64. The van der Waals surface area contributed by atoms with Crippen LogP contribution in [-0.4, -0.2) is 37.6 Å². The molecule has 0 aliphatic heterocycles. The van der Waals surface area contributed by atoms with Crippen molar-refractivity contribution in [2.24, 2.45) is 5.92 Å². The van der Waals surface area contributed by atoms with Crippen LogP contribution in [0.3, 0.4) is 0 Å². The molecule has 0 heterocycles. The van der Waals surface area contributed by atoms with Gasteiger partial charge in [-0.3, -0.25) is 9.59 Å². The van der Waals surface area contributed by atoms with E-state index in [-0.39, 0.29) is 41.3 Å². The Kier molecular flexibility index (Phi) is 8.42. The molecule has 0 spiro atoms. The van der Waals surface area contributed by atoms with E-state index in [1.54, 1.807) is 12.1 Å². The molecule has 1 aliphatic carbocycles. The van der Waals surface area contributed by atoms with Gasteiger partial charge < -0.3 is 20.1 Å². The fourth-order valence-electron chi connectivity index (χ4n) is 3.42. The highest BCUT2D eigenvalue weighted by molar-refractivity contribution is 5.92. The molecule has 2 amide bonds. The summed E-state index contributed by atoms with van der Waals surface area (Å²) in [7, 11) is 1.35. The third-order valence-electron chi connectivity index (χ3n) is 4.67. The van der Waals surface area contributed by atoms with Gasteiger partial charge in [-0.15, -0.1) is 0 Å². The van der Waals surface area contributed by atoms with Crippen molar-refractivity contribution in [2.45, 2.75) is 58.2 Å². The van der Waals surface area contributed by atoms with E-state index in [1.165, 1.54) is 25.3 Å². The Bertz CT molecular complexity index is 737. The van der Waals surface area contributed by atoms with Crippen LogP contribution in [0.25, 0.3) is 6.08 Å². The number of ether oxygens (including phenoxy) is 2. The minimum Gasteiger partial charge on any atom is -0.493 e. The van der Waals surface area contributed by atoms with Gasteiger partial charge >= 0.3 is 6.61 Å². The van der Waals surface area contributed by atoms with E-state index < -0.39 is 6.61 Å². The molecule has 6 nitrogen and oxygen atoms in total. The lowest BCUT2D eigenvalue weighted by Gasteiger charge is -2.29. The smallest absolute Gasteiger partial charge is 0.387 e. The van der Waals surface area contributed by atoms with Crippen LogP contribution >= 0.6 is 0 Å². The Hall–Kier alpha value is -2.64. The predicted molar refractivity (Wildman–Crippen MR) is 106 cm³/mol. The zero-order valence-electron chi connectivity index (χ0n) is 16.9. The average Bonchev–Trinajstić information content (AvgIpc) is 2.66. The highest BCUT2D eigenvalue weighted by Gasteiger charge is 2.28. The summed E-state index contributed by atoms with van der Waals surface area (Å²) in [4.78, 5) is 24.5. The van der Waals surface area contributed by atoms with Gasteiger partial charge in [0.15, 0.2) is 11.5 Å². The standard InChI is InChI=1S/C21H28F2N2O4/c1-13(2)24-20(27)15-7-4-8-16(12-15)25-18(26)11-10-14-6-5-9-17(28-3)19(14)29-21(22)23/h5-6,9-11,13,15-16,21H,4,7-8,12H2,1-3H3,(H,24,27)(H,25,26)/b11-10+. The fourth-order valence-corrected chi connectivity index (χ4v) is 3.42. The summed E-state index contributed by atoms with van der Waals surface area (Å²) in [5.41, 5.74) is 0.303. The summed E-state index contributed by atoms with van der Waals surface area (Å²) in [6.07, 6.45) is 5.71. The number of nitrogens with one attached hydrogen (secondary N) is 2. The molecule has 2 atom stereocenters. The van der Waals surface area contributed by atoms with Gasteiger partial charge in [-0.1, -0.05) is 18.6 Å². The van der Waals surface area contributed by atoms with Crippen molar-refractivity contribution >= 4 is 17.9 Å². The van der Waals surface area contributed by atoms with Crippen molar-refractivity contribution in [3.05, 3.63) is 29.8 Å². The maximum atomic E-state index is 12.7. The van der Waals surface area contributed by atoms with Crippen LogP contribution < -0.4 is 20.1 Å². The number of hydrogen-bond donors (Lipinski definition) is 2. The molecule has 1 saturated carbocycles. The molecule has 2 rings (SSSR count). The van der Waals surface area contributed by atoms with E-state index in [9.17, 15) is 18.4 Å². The molecule has 0 aromatic heterocycles. The molecule has 1 aliphatic rings.